The third-order valence-electron chi connectivity index (χ3n) is 9.37. The zero-order chi connectivity index (χ0) is 28.9. The lowest BCUT2D eigenvalue weighted by Gasteiger charge is -2.16. The predicted molar refractivity (Wildman–Crippen MR) is 179 cm³/mol. The number of H-pyrrole nitrogens is 1. The smallest absolute Gasteiger partial charge is 0.247 e. The molecule has 0 saturated heterocycles. The van der Waals surface area contributed by atoms with Gasteiger partial charge in [0.05, 0.1) is 12.0 Å². The van der Waals surface area contributed by atoms with Crippen molar-refractivity contribution in [2.45, 2.75) is 226 Å². The van der Waals surface area contributed by atoms with Crippen LogP contribution in [0.2, 0.25) is 0 Å². The summed E-state index contributed by atoms with van der Waals surface area (Å²) in [5.41, 5.74) is 0. The van der Waals surface area contributed by atoms with Crippen LogP contribution in [0.1, 0.15) is 232 Å². The molecule has 1 rings (SSSR count). The summed E-state index contributed by atoms with van der Waals surface area (Å²) in [7, 11) is 0. The monoisotopic (exact) mass is 560 g/mol. The summed E-state index contributed by atoms with van der Waals surface area (Å²) in [5.74, 6) is 2.21. The van der Waals surface area contributed by atoms with Crippen molar-refractivity contribution in [3.8, 4) is 0 Å². The Bertz CT molecular complexity index is 621. The van der Waals surface area contributed by atoms with Crippen LogP contribution in [-0.4, -0.2) is 4.98 Å². The molecule has 0 aliphatic rings. The molecule has 40 heavy (non-hydrogen) atoms. The molecule has 0 aliphatic carbocycles. The van der Waals surface area contributed by atoms with E-state index < -0.39 is 0 Å². The second kappa shape index (κ2) is 28.3. The molecule has 2 unspecified atom stereocenters. The maximum atomic E-state index is 3.68. The molecular weight excluding hydrogens is 484 g/mol. The summed E-state index contributed by atoms with van der Waals surface area (Å²) in [4.78, 5) is 3.68. The van der Waals surface area contributed by atoms with Crippen LogP contribution in [-0.2, 0) is 0 Å². The molecule has 0 amide bonds. The van der Waals surface area contributed by atoms with E-state index in [9.17, 15) is 0 Å². The summed E-state index contributed by atoms with van der Waals surface area (Å²) >= 11 is 0. The topological polar surface area (TPSA) is 19.7 Å². The third-order valence-corrected chi connectivity index (χ3v) is 9.37. The van der Waals surface area contributed by atoms with Gasteiger partial charge in [-0.2, -0.15) is 0 Å². The standard InChI is InChI=1S/C38H74N2/c1-5-8-10-12-14-16-18-20-21-23-25-27-29-32-36(4)40-35-34-39-38(40)37(31-7-3)33-30-28-26-24-22-19-17-15-13-11-9-6-2/h34-37H,5-33H2,1-4H3/p+1. The number of aromatic amines is 1. The van der Waals surface area contributed by atoms with Crippen molar-refractivity contribution < 1.29 is 4.57 Å². The van der Waals surface area contributed by atoms with E-state index in [1.54, 1.807) is 0 Å². The average molecular weight is 560 g/mol. The van der Waals surface area contributed by atoms with Gasteiger partial charge in [-0.15, -0.1) is 0 Å². The highest BCUT2D eigenvalue weighted by atomic mass is 15.1. The normalized spacial score (nSPS) is 13.2. The van der Waals surface area contributed by atoms with Gasteiger partial charge >= 0.3 is 0 Å². The average Bonchev–Trinajstić information content (AvgIpc) is 3.45. The summed E-state index contributed by atoms with van der Waals surface area (Å²) < 4.78 is 2.60. The fourth-order valence-corrected chi connectivity index (χ4v) is 6.67. The molecular formula is C38H75N2+. The largest absolute Gasteiger partial charge is 0.257 e. The number of imidazole rings is 1. The molecule has 0 saturated carbocycles. The zero-order valence-corrected chi connectivity index (χ0v) is 28.3. The summed E-state index contributed by atoms with van der Waals surface area (Å²) in [6, 6.07) is 0.621. The van der Waals surface area contributed by atoms with E-state index >= 15 is 0 Å². The van der Waals surface area contributed by atoms with Crippen LogP contribution < -0.4 is 4.57 Å². The Hall–Kier alpha value is -0.790. The molecule has 0 aromatic carbocycles. The highest BCUT2D eigenvalue weighted by Gasteiger charge is 2.24. The van der Waals surface area contributed by atoms with E-state index in [0.717, 1.165) is 0 Å². The first kappa shape index (κ1) is 37.2. The van der Waals surface area contributed by atoms with Gasteiger partial charge in [0.15, 0.2) is 0 Å². The van der Waals surface area contributed by atoms with Crippen molar-refractivity contribution >= 4 is 0 Å². The lowest BCUT2D eigenvalue weighted by atomic mass is 9.94. The van der Waals surface area contributed by atoms with Crippen molar-refractivity contribution in [2.75, 3.05) is 0 Å². The maximum Gasteiger partial charge on any atom is 0.257 e. The van der Waals surface area contributed by atoms with E-state index in [0.29, 0.717) is 12.0 Å². The highest BCUT2D eigenvalue weighted by Crippen LogP contribution is 2.26. The minimum Gasteiger partial charge on any atom is -0.247 e. The quantitative estimate of drug-likeness (QED) is 0.0689. The van der Waals surface area contributed by atoms with Crippen molar-refractivity contribution in [1.82, 2.24) is 4.98 Å². The Morgan fingerprint density at radius 1 is 0.475 bits per heavy atom. The Morgan fingerprint density at radius 2 is 0.850 bits per heavy atom. The number of nitrogens with zero attached hydrogens (tertiary/aromatic N) is 1. The van der Waals surface area contributed by atoms with E-state index in [1.807, 2.05) is 0 Å². The van der Waals surface area contributed by atoms with Gasteiger partial charge in [0.2, 0.25) is 0 Å². The molecule has 1 heterocycles. The molecule has 236 valence electrons. The van der Waals surface area contributed by atoms with Gasteiger partial charge < -0.3 is 0 Å². The van der Waals surface area contributed by atoms with Crippen molar-refractivity contribution in [1.29, 1.82) is 0 Å². The number of unbranched alkanes of at least 4 members (excludes halogenated alkanes) is 23. The maximum absolute atomic E-state index is 3.68. The van der Waals surface area contributed by atoms with Crippen LogP contribution >= 0.6 is 0 Å². The second-order valence-corrected chi connectivity index (χ2v) is 13.3. The van der Waals surface area contributed by atoms with E-state index in [4.69, 9.17) is 0 Å². The first-order valence-electron chi connectivity index (χ1n) is 18.8. The SMILES string of the molecule is CCCCCCCCCCCCCCCC(C)[n+]1cc[nH]c1C(CCC)CCCCCCCCCCCCCC. The number of nitrogens with one attached hydrogen (secondary N) is 1. The zero-order valence-electron chi connectivity index (χ0n) is 28.3. The fourth-order valence-electron chi connectivity index (χ4n) is 6.67. The van der Waals surface area contributed by atoms with Crippen molar-refractivity contribution in [3.05, 3.63) is 18.2 Å². The number of hydrogen-bond acceptors (Lipinski definition) is 0. The molecule has 2 nitrogen and oxygen atoms in total. The first-order chi connectivity index (χ1) is 19.7. The van der Waals surface area contributed by atoms with Gasteiger partial charge in [0.25, 0.3) is 5.82 Å². The molecule has 0 aliphatic heterocycles. The minimum absolute atomic E-state index is 0.621. The highest BCUT2D eigenvalue weighted by molar-refractivity contribution is 4.90. The summed E-state index contributed by atoms with van der Waals surface area (Å²) in [5, 5.41) is 0. The second-order valence-electron chi connectivity index (χ2n) is 13.3. The van der Waals surface area contributed by atoms with Crippen LogP contribution in [0.4, 0.5) is 0 Å². The molecule has 2 heteroatoms. The molecule has 1 N–H and O–H groups in total. The molecule has 2 atom stereocenters. The van der Waals surface area contributed by atoms with Gasteiger partial charge in [-0.3, -0.25) is 0 Å². The lowest BCUT2D eigenvalue weighted by Crippen LogP contribution is -2.41. The lowest BCUT2D eigenvalue weighted by molar-refractivity contribution is -0.727. The number of rotatable bonds is 31. The Labute approximate surface area is 253 Å². The Morgan fingerprint density at radius 3 is 1.25 bits per heavy atom. The Balaban J connectivity index is 2.15. The molecule has 0 spiro atoms. The molecule has 0 radical (unpaired) electrons. The van der Waals surface area contributed by atoms with Crippen LogP contribution in [0.3, 0.4) is 0 Å². The van der Waals surface area contributed by atoms with E-state index in [2.05, 4.69) is 49.6 Å². The summed E-state index contributed by atoms with van der Waals surface area (Å²) in [6.45, 7) is 9.42. The van der Waals surface area contributed by atoms with Gasteiger partial charge in [-0.1, -0.05) is 181 Å². The number of hydrogen-bond donors (Lipinski definition) is 1. The number of aromatic nitrogens is 2. The van der Waals surface area contributed by atoms with Gasteiger partial charge in [0, 0.05) is 0 Å². The fraction of sp³-hybridized carbons (Fsp3) is 0.921. The van der Waals surface area contributed by atoms with Crippen molar-refractivity contribution in [2.24, 2.45) is 0 Å². The van der Waals surface area contributed by atoms with Gasteiger partial charge in [-0.05, 0) is 32.6 Å². The molecule has 1 aromatic heterocycles. The van der Waals surface area contributed by atoms with Crippen LogP contribution in [0.5, 0.6) is 0 Å². The van der Waals surface area contributed by atoms with E-state index in [-0.39, 0.29) is 0 Å². The van der Waals surface area contributed by atoms with Crippen molar-refractivity contribution in [3.63, 3.8) is 0 Å². The van der Waals surface area contributed by atoms with Gasteiger partial charge in [-0.25, -0.2) is 9.55 Å². The first-order valence-corrected chi connectivity index (χ1v) is 18.8. The Kier molecular flexibility index (Phi) is 26.4. The molecule has 0 fully saturated rings. The van der Waals surface area contributed by atoms with Crippen LogP contribution in [0, 0.1) is 0 Å². The van der Waals surface area contributed by atoms with Crippen LogP contribution in [0.15, 0.2) is 12.4 Å². The van der Waals surface area contributed by atoms with E-state index in [1.165, 1.54) is 192 Å². The predicted octanol–water partition coefficient (Wildman–Crippen LogP) is 13.3. The van der Waals surface area contributed by atoms with Crippen LogP contribution in [0.25, 0.3) is 0 Å². The van der Waals surface area contributed by atoms with Gasteiger partial charge in [0.1, 0.15) is 12.4 Å². The third kappa shape index (κ3) is 20.1. The summed E-state index contributed by atoms with van der Waals surface area (Å²) in [6.07, 6.45) is 45.8. The molecule has 0 bridgehead atoms. The minimum atomic E-state index is 0.621. The molecule has 1 aromatic rings.